The van der Waals surface area contributed by atoms with Crippen LogP contribution in [-0.2, 0) is 9.84 Å². The van der Waals surface area contributed by atoms with Gasteiger partial charge in [-0.2, -0.15) is 0 Å². The molecule has 3 N–H and O–H groups in total. The number of sulfone groups is 1. The van der Waals surface area contributed by atoms with Gasteiger partial charge in [-0.25, -0.2) is 13.4 Å². The Kier molecular flexibility index (Phi) is 8.45. The molecule has 0 saturated carbocycles. The highest BCUT2D eigenvalue weighted by Gasteiger charge is 2.16. The predicted octanol–water partition coefficient (Wildman–Crippen LogP) is 7.00. The van der Waals surface area contributed by atoms with Gasteiger partial charge in [0.2, 0.25) is 0 Å². The summed E-state index contributed by atoms with van der Waals surface area (Å²) in [6.07, 6.45) is 0. The molecule has 0 aliphatic heterocycles. The first-order valence-corrected chi connectivity index (χ1v) is 14.1. The first-order valence-electron chi connectivity index (χ1n) is 10.7. The molecule has 0 fully saturated rings. The monoisotopic (exact) mass is 517 g/mol. The molecule has 4 aromatic rings. The highest BCUT2D eigenvalue weighted by molar-refractivity contribution is 7.91. The molecule has 2 aromatic heterocycles. The third-order valence-corrected chi connectivity index (χ3v) is 8.77. The van der Waals surface area contributed by atoms with Gasteiger partial charge in [0.25, 0.3) is 0 Å². The number of anilines is 3. The van der Waals surface area contributed by atoms with Gasteiger partial charge in [-0.3, -0.25) is 10.4 Å². The number of hydrogen-bond acceptors (Lipinski definition) is 9. The van der Waals surface area contributed by atoms with Gasteiger partial charge in [0, 0.05) is 16.6 Å². The van der Waals surface area contributed by atoms with Crippen molar-refractivity contribution in [1.29, 1.82) is 0 Å². The van der Waals surface area contributed by atoms with Crippen LogP contribution in [0.5, 0.6) is 0 Å². The zero-order chi connectivity index (χ0) is 24.9. The van der Waals surface area contributed by atoms with Gasteiger partial charge < -0.3 is 5.32 Å². The smallest absolute Gasteiger partial charge is 0.178 e. The van der Waals surface area contributed by atoms with Crippen LogP contribution in [0.15, 0.2) is 64.9 Å². The zero-order valence-electron chi connectivity index (χ0n) is 19.3. The van der Waals surface area contributed by atoms with Crippen molar-refractivity contribution < 1.29 is 18.8 Å². The topological polar surface area (TPSA) is 103 Å². The number of thiazole rings is 1. The quantitative estimate of drug-likeness (QED) is 0.227. The Labute approximate surface area is 207 Å². The molecule has 0 spiro atoms. The second-order valence-electron chi connectivity index (χ2n) is 7.02. The summed E-state index contributed by atoms with van der Waals surface area (Å²) in [6, 6.07) is 15.7. The third-order valence-electron chi connectivity index (χ3n) is 4.87. The summed E-state index contributed by atoms with van der Waals surface area (Å²) in [7, 11) is -3.22. The summed E-state index contributed by atoms with van der Waals surface area (Å²) in [4.78, 5) is 6.03. The van der Waals surface area contributed by atoms with E-state index in [-0.39, 0.29) is 16.7 Å². The molecular formula is C24H27N3O4S3. The van der Waals surface area contributed by atoms with E-state index < -0.39 is 9.84 Å². The fourth-order valence-electron chi connectivity index (χ4n) is 3.18. The summed E-state index contributed by atoms with van der Waals surface area (Å²) >= 11 is 3.03. The number of nitrogens with zero attached hydrogens (tertiary/aromatic N) is 2. The predicted molar refractivity (Wildman–Crippen MR) is 140 cm³/mol. The van der Waals surface area contributed by atoms with Gasteiger partial charge >= 0.3 is 0 Å². The largest absolute Gasteiger partial charge is 0.347 e. The highest BCUT2D eigenvalue weighted by Crippen LogP contribution is 2.40. The normalized spacial score (nSPS) is 11.0. The number of thiophene rings is 1. The molecule has 34 heavy (non-hydrogen) atoms. The van der Waals surface area contributed by atoms with E-state index in [9.17, 15) is 18.8 Å². The number of para-hydroxylation sites is 1. The Morgan fingerprint density at radius 1 is 1.06 bits per heavy atom. The first kappa shape index (κ1) is 25.9. The molecule has 0 amide bonds. The average molecular weight is 518 g/mol. The van der Waals surface area contributed by atoms with Gasteiger partial charge in [0.05, 0.1) is 26.2 Å². The van der Waals surface area contributed by atoms with Gasteiger partial charge in [0.1, 0.15) is 10.7 Å². The van der Waals surface area contributed by atoms with Crippen molar-refractivity contribution in [2.75, 3.05) is 16.3 Å². The summed E-state index contributed by atoms with van der Waals surface area (Å²) in [5.41, 5.74) is 3.39. The molecule has 0 radical (unpaired) electrons. The standard InChI is InChI=1S/C22H21N3O4S3.C2H6/c1-3-32(28,29)16-10-8-15(9-11-16)23-20-12-14(2)21(31-20)22-24-18(13-30-22)17-6-4-5-7-19(17)25(26)27;1-2/h4-13,23,26-27H,3H2,1-2H3;1-2H3. The van der Waals surface area contributed by atoms with Crippen molar-refractivity contribution in [2.24, 2.45) is 0 Å². The molecule has 0 aliphatic rings. The maximum absolute atomic E-state index is 12.0. The molecule has 2 aromatic carbocycles. The molecule has 4 rings (SSSR count). The summed E-state index contributed by atoms with van der Waals surface area (Å²) in [5, 5.41) is 26.0. The van der Waals surface area contributed by atoms with E-state index in [2.05, 4.69) is 5.32 Å². The molecule has 2 heterocycles. The van der Waals surface area contributed by atoms with E-state index in [0.717, 1.165) is 26.1 Å². The van der Waals surface area contributed by atoms with E-state index in [4.69, 9.17) is 4.98 Å². The number of rotatable bonds is 7. The maximum Gasteiger partial charge on any atom is 0.178 e. The molecule has 0 atom stereocenters. The zero-order valence-corrected chi connectivity index (χ0v) is 21.8. The van der Waals surface area contributed by atoms with Crippen LogP contribution in [0.2, 0.25) is 0 Å². The number of aromatic nitrogens is 1. The van der Waals surface area contributed by atoms with Crippen LogP contribution in [0.1, 0.15) is 26.3 Å². The molecule has 10 heteroatoms. The fraction of sp³-hybridized carbons (Fsp3) is 0.208. The fourth-order valence-corrected chi connectivity index (χ4v) is 6.13. The number of aryl methyl sites for hydroxylation is 1. The minimum absolute atomic E-state index is 0.0716. The van der Waals surface area contributed by atoms with Crippen molar-refractivity contribution in [2.45, 2.75) is 32.6 Å². The number of benzene rings is 2. The Balaban J connectivity index is 0.00000158. The lowest BCUT2D eigenvalue weighted by atomic mass is 10.1. The molecule has 0 unspecified atom stereocenters. The van der Waals surface area contributed by atoms with E-state index >= 15 is 0 Å². The lowest BCUT2D eigenvalue weighted by Crippen LogP contribution is -2.11. The van der Waals surface area contributed by atoms with Crippen molar-refractivity contribution in [3.8, 4) is 21.1 Å². The maximum atomic E-state index is 12.0. The van der Waals surface area contributed by atoms with Crippen LogP contribution in [0.4, 0.5) is 16.4 Å². The molecule has 180 valence electrons. The Bertz CT molecular complexity index is 1340. The minimum Gasteiger partial charge on any atom is -0.347 e. The van der Waals surface area contributed by atoms with Crippen LogP contribution in [-0.4, -0.2) is 29.6 Å². The van der Waals surface area contributed by atoms with E-state index in [1.807, 2.05) is 38.3 Å². The van der Waals surface area contributed by atoms with Crippen molar-refractivity contribution >= 4 is 48.9 Å². The SMILES string of the molecule is CC.CCS(=O)(=O)c1ccc(Nc2cc(C)c(-c3nc(-c4ccccc4N(O)O)cs3)s2)cc1. The second-order valence-corrected chi connectivity index (χ2v) is 11.2. The number of nitrogens with one attached hydrogen (secondary N) is 1. The van der Waals surface area contributed by atoms with Gasteiger partial charge in [-0.15, -0.1) is 27.9 Å². The van der Waals surface area contributed by atoms with Gasteiger partial charge in [0.15, 0.2) is 9.84 Å². The Hall–Kier alpha value is -2.76. The first-order chi connectivity index (χ1) is 16.3. The lowest BCUT2D eigenvalue weighted by Gasteiger charge is -2.11. The lowest BCUT2D eigenvalue weighted by molar-refractivity contribution is 0.0294. The third kappa shape index (κ3) is 5.65. The van der Waals surface area contributed by atoms with Gasteiger partial charge in [-0.1, -0.05) is 39.0 Å². The minimum atomic E-state index is -3.22. The highest BCUT2D eigenvalue weighted by atomic mass is 32.2. The summed E-state index contributed by atoms with van der Waals surface area (Å²) in [6.45, 7) is 7.63. The van der Waals surface area contributed by atoms with Crippen LogP contribution in [0.25, 0.3) is 21.1 Å². The Morgan fingerprint density at radius 3 is 2.38 bits per heavy atom. The molecular weight excluding hydrogens is 490 g/mol. The van der Waals surface area contributed by atoms with Crippen molar-refractivity contribution in [1.82, 2.24) is 4.98 Å². The second kappa shape index (κ2) is 11.1. The van der Waals surface area contributed by atoms with Crippen LogP contribution in [0.3, 0.4) is 0 Å². The van der Waals surface area contributed by atoms with E-state index in [1.165, 1.54) is 11.3 Å². The van der Waals surface area contributed by atoms with Crippen molar-refractivity contribution in [3.63, 3.8) is 0 Å². The van der Waals surface area contributed by atoms with E-state index in [0.29, 0.717) is 16.2 Å². The Morgan fingerprint density at radius 2 is 1.74 bits per heavy atom. The molecule has 7 nitrogen and oxygen atoms in total. The van der Waals surface area contributed by atoms with Crippen molar-refractivity contribution in [3.05, 3.63) is 65.5 Å². The summed E-state index contributed by atoms with van der Waals surface area (Å²) < 4.78 is 24.0. The molecule has 0 aliphatic carbocycles. The molecule has 0 saturated heterocycles. The number of hydrogen-bond donors (Lipinski definition) is 3. The van der Waals surface area contributed by atoms with Crippen LogP contribution in [0, 0.1) is 6.92 Å². The average Bonchev–Trinajstić information content (AvgIpc) is 3.47. The van der Waals surface area contributed by atoms with Crippen LogP contribution < -0.4 is 10.5 Å². The molecule has 0 bridgehead atoms. The van der Waals surface area contributed by atoms with Crippen LogP contribution >= 0.6 is 22.7 Å². The van der Waals surface area contributed by atoms with Gasteiger partial charge in [-0.05, 0) is 48.9 Å². The summed E-state index contributed by atoms with van der Waals surface area (Å²) in [5.74, 6) is 0.0716. The van der Waals surface area contributed by atoms with E-state index in [1.54, 1.807) is 60.7 Å².